The molecule has 0 bridgehead atoms. The van der Waals surface area contributed by atoms with Crippen molar-refractivity contribution in [2.75, 3.05) is 12.4 Å². The first-order valence-electron chi connectivity index (χ1n) is 9.98. The highest BCUT2D eigenvalue weighted by atomic mass is 32.2. The number of fused-ring (bicyclic) bond motifs is 2. The third-order valence-electron chi connectivity index (χ3n) is 5.09. The number of unbranched alkanes of at least 4 members (excludes halogenated alkanes) is 3. The SMILES string of the molecule is CC1=C(SCCCCCCO)SC(=C2c3ccccc3C(=O)c3ccccc32)S1. The molecule has 0 saturated carbocycles. The molecule has 2 aromatic rings. The second-order valence-corrected chi connectivity index (χ2v) is 11.0. The Bertz CT molecular complexity index is 940. The fourth-order valence-corrected chi connectivity index (χ4v) is 7.92. The van der Waals surface area contributed by atoms with Crippen LogP contribution in [-0.2, 0) is 0 Å². The average molecular weight is 441 g/mol. The van der Waals surface area contributed by atoms with Crippen molar-refractivity contribution < 1.29 is 9.90 Å². The summed E-state index contributed by atoms with van der Waals surface area (Å²) in [5.74, 6) is 1.23. The lowest BCUT2D eigenvalue weighted by molar-refractivity contribution is 0.103. The van der Waals surface area contributed by atoms with Crippen molar-refractivity contribution in [3.63, 3.8) is 0 Å². The van der Waals surface area contributed by atoms with E-state index in [1.165, 1.54) is 31.8 Å². The van der Waals surface area contributed by atoms with Gasteiger partial charge in [0.25, 0.3) is 0 Å². The van der Waals surface area contributed by atoms with Crippen LogP contribution < -0.4 is 0 Å². The van der Waals surface area contributed by atoms with Crippen LogP contribution in [-0.4, -0.2) is 23.2 Å². The van der Waals surface area contributed by atoms with E-state index in [2.05, 4.69) is 19.1 Å². The molecule has 1 heterocycles. The maximum absolute atomic E-state index is 13.0. The van der Waals surface area contributed by atoms with Crippen LogP contribution in [0.2, 0.25) is 0 Å². The van der Waals surface area contributed by atoms with E-state index in [1.54, 1.807) is 0 Å². The van der Waals surface area contributed by atoms with E-state index in [0.29, 0.717) is 6.61 Å². The largest absolute Gasteiger partial charge is 0.396 e. The lowest BCUT2D eigenvalue weighted by atomic mass is 9.82. The quantitative estimate of drug-likeness (QED) is 0.404. The highest BCUT2D eigenvalue weighted by Crippen LogP contribution is 2.57. The lowest BCUT2D eigenvalue weighted by Gasteiger charge is -2.23. The van der Waals surface area contributed by atoms with Gasteiger partial charge in [-0.3, -0.25) is 4.79 Å². The number of thioether (sulfide) groups is 3. The molecule has 29 heavy (non-hydrogen) atoms. The van der Waals surface area contributed by atoms with Crippen molar-refractivity contribution >= 4 is 46.6 Å². The molecule has 0 atom stereocenters. The third kappa shape index (κ3) is 4.38. The predicted molar refractivity (Wildman–Crippen MR) is 128 cm³/mol. The van der Waals surface area contributed by atoms with Crippen LogP contribution in [0.4, 0.5) is 0 Å². The Morgan fingerprint density at radius 3 is 2.03 bits per heavy atom. The Balaban J connectivity index is 1.59. The van der Waals surface area contributed by atoms with Gasteiger partial charge in [-0.25, -0.2) is 0 Å². The van der Waals surface area contributed by atoms with Gasteiger partial charge >= 0.3 is 0 Å². The minimum absolute atomic E-state index is 0.121. The molecule has 5 heteroatoms. The highest BCUT2D eigenvalue weighted by molar-refractivity contribution is 8.35. The van der Waals surface area contributed by atoms with Crippen LogP contribution in [0, 0.1) is 0 Å². The van der Waals surface area contributed by atoms with Gasteiger partial charge in [0.2, 0.25) is 0 Å². The van der Waals surface area contributed by atoms with Gasteiger partial charge in [0.05, 0.1) is 8.47 Å². The predicted octanol–water partition coefficient (Wildman–Crippen LogP) is 6.90. The minimum atomic E-state index is 0.121. The summed E-state index contributed by atoms with van der Waals surface area (Å²) in [6, 6.07) is 16.0. The molecule has 0 saturated heterocycles. The first-order chi connectivity index (χ1) is 14.2. The summed E-state index contributed by atoms with van der Waals surface area (Å²) in [4.78, 5) is 14.3. The van der Waals surface area contributed by atoms with Crippen LogP contribution in [0.3, 0.4) is 0 Å². The van der Waals surface area contributed by atoms with Gasteiger partial charge < -0.3 is 5.11 Å². The molecule has 2 aliphatic rings. The number of rotatable bonds is 7. The zero-order valence-electron chi connectivity index (χ0n) is 16.4. The van der Waals surface area contributed by atoms with Crippen LogP contribution >= 0.6 is 35.3 Å². The van der Waals surface area contributed by atoms with E-state index >= 15 is 0 Å². The van der Waals surface area contributed by atoms with Gasteiger partial charge in [0, 0.05) is 28.2 Å². The van der Waals surface area contributed by atoms with Gasteiger partial charge in [-0.05, 0) is 36.6 Å². The molecular weight excluding hydrogens is 416 g/mol. The second kappa shape index (κ2) is 9.61. The Hall–Kier alpha value is -1.40. The van der Waals surface area contributed by atoms with E-state index in [4.69, 9.17) is 5.11 Å². The molecule has 2 aromatic carbocycles. The Morgan fingerprint density at radius 2 is 1.41 bits per heavy atom. The first kappa shape index (κ1) is 20.9. The normalized spacial score (nSPS) is 15.7. The fraction of sp³-hybridized carbons (Fsp3) is 0.292. The molecular formula is C24H24O2S3. The summed E-state index contributed by atoms with van der Waals surface area (Å²) in [5, 5.41) is 8.89. The molecule has 0 amide bonds. The Morgan fingerprint density at radius 1 is 0.828 bits per heavy atom. The van der Waals surface area contributed by atoms with Gasteiger partial charge in [-0.1, -0.05) is 84.9 Å². The van der Waals surface area contributed by atoms with Crippen LogP contribution in [0.5, 0.6) is 0 Å². The number of hydrogen-bond acceptors (Lipinski definition) is 5. The van der Waals surface area contributed by atoms with Gasteiger partial charge in [-0.2, -0.15) is 0 Å². The molecule has 0 radical (unpaired) electrons. The van der Waals surface area contributed by atoms with Crippen molar-refractivity contribution in [2.45, 2.75) is 32.6 Å². The molecule has 0 spiro atoms. The standard InChI is InChI=1S/C24H24O2S3/c1-16-23(27-15-9-3-2-8-14-25)29-24(28-16)21-17-10-4-6-12-19(17)22(26)20-13-7-5-11-18(20)21/h4-7,10-13,25H,2-3,8-9,14-15H2,1H3. The summed E-state index contributed by atoms with van der Waals surface area (Å²) in [5.41, 5.74) is 4.90. The van der Waals surface area contributed by atoms with Crippen molar-refractivity contribution in [2.24, 2.45) is 0 Å². The molecule has 1 aliphatic heterocycles. The number of carbonyl (C=O) groups excluding carboxylic acids is 1. The summed E-state index contributed by atoms with van der Waals surface area (Å²) >= 11 is 5.63. The number of aliphatic hydroxyl groups excluding tert-OH is 1. The van der Waals surface area contributed by atoms with Crippen molar-refractivity contribution in [1.29, 1.82) is 0 Å². The molecule has 2 nitrogen and oxygen atoms in total. The highest BCUT2D eigenvalue weighted by Gasteiger charge is 2.31. The van der Waals surface area contributed by atoms with Gasteiger partial charge in [0.15, 0.2) is 5.78 Å². The monoisotopic (exact) mass is 440 g/mol. The zero-order valence-corrected chi connectivity index (χ0v) is 18.9. The van der Waals surface area contributed by atoms with Gasteiger partial charge in [-0.15, -0.1) is 11.8 Å². The number of aliphatic hydroxyl groups is 1. The minimum Gasteiger partial charge on any atom is -0.396 e. The number of carbonyl (C=O) groups is 1. The summed E-state index contributed by atoms with van der Waals surface area (Å²) in [6.07, 6.45) is 4.37. The number of hydrogen-bond donors (Lipinski definition) is 1. The number of allylic oxidation sites excluding steroid dienone is 1. The van der Waals surface area contributed by atoms with E-state index in [1.807, 2.05) is 71.7 Å². The first-order valence-corrected chi connectivity index (χ1v) is 12.6. The molecule has 0 unspecified atom stereocenters. The molecule has 4 rings (SSSR count). The molecule has 0 fully saturated rings. The summed E-state index contributed by atoms with van der Waals surface area (Å²) < 4.78 is 2.66. The van der Waals surface area contributed by atoms with Crippen molar-refractivity contribution in [3.05, 3.63) is 84.2 Å². The summed E-state index contributed by atoms with van der Waals surface area (Å²) in [6.45, 7) is 2.50. The van der Waals surface area contributed by atoms with Gasteiger partial charge in [0.1, 0.15) is 0 Å². The van der Waals surface area contributed by atoms with E-state index in [-0.39, 0.29) is 5.78 Å². The maximum atomic E-state index is 13.0. The van der Waals surface area contributed by atoms with Crippen molar-refractivity contribution in [3.8, 4) is 0 Å². The van der Waals surface area contributed by atoms with Crippen LogP contribution in [0.1, 0.15) is 59.7 Å². The Kier molecular flexibility index (Phi) is 6.91. The second-order valence-electron chi connectivity index (χ2n) is 7.12. The average Bonchev–Trinajstić information content (AvgIpc) is 3.11. The van der Waals surface area contributed by atoms with Crippen LogP contribution in [0.25, 0.3) is 5.57 Å². The Labute approximate surface area is 185 Å². The number of ketones is 1. The zero-order chi connectivity index (χ0) is 20.2. The maximum Gasteiger partial charge on any atom is 0.194 e. The van der Waals surface area contributed by atoms with E-state index in [0.717, 1.165) is 40.8 Å². The van der Waals surface area contributed by atoms with Crippen LogP contribution in [0.15, 0.2) is 61.9 Å². The third-order valence-corrected chi connectivity index (χ3v) is 9.29. The lowest BCUT2D eigenvalue weighted by Crippen LogP contribution is -2.14. The number of benzene rings is 2. The van der Waals surface area contributed by atoms with Crippen molar-refractivity contribution in [1.82, 2.24) is 0 Å². The fourth-order valence-electron chi connectivity index (χ4n) is 3.63. The summed E-state index contributed by atoms with van der Waals surface area (Å²) in [7, 11) is 0. The molecule has 150 valence electrons. The topological polar surface area (TPSA) is 37.3 Å². The van der Waals surface area contributed by atoms with E-state index < -0.39 is 0 Å². The molecule has 1 N–H and O–H groups in total. The molecule has 0 aromatic heterocycles. The molecule has 1 aliphatic carbocycles. The van der Waals surface area contributed by atoms with E-state index in [9.17, 15) is 4.79 Å². The smallest absolute Gasteiger partial charge is 0.194 e.